The highest BCUT2D eigenvalue weighted by Gasteiger charge is 2.38. The molecule has 0 atom stereocenters. The molecule has 1 N–H and O–H groups in total. The minimum Gasteiger partial charge on any atom is -0.477 e. The summed E-state index contributed by atoms with van der Waals surface area (Å²) < 4.78 is 0. The first-order valence-corrected chi connectivity index (χ1v) is 28.6. The van der Waals surface area contributed by atoms with Gasteiger partial charge in [0.15, 0.2) is 0 Å². The fourth-order valence-corrected chi connectivity index (χ4v) is 13.5. The smallest absolute Gasteiger partial charge is 0.346 e. The van der Waals surface area contributed by atoms with Gasteiger partial charge in [-0.1, -0.05) is 179 Å². The molecule has 72 heavy (non-hydrogen) atoms. The first kappa shape index (κ1) is 50.9. The van der Waals surface area contributed by atoms with Crippen molar-refractivity contribution in [1.82, 2.24) is 0 Å². The number of aliphatic carboxylic acids is 1. The lowest BCUT2D eigenvalue weighted by Gasteiger charge is -2.30. The van der Waals surface area contributed by atoms with Crippen molar-refractivity contribution in [2.75, 3.05) is 4.90 Å². The minimum absolute atomic E-state index is 0.147. The standard InChI is InChI=1S/C66H72N2O2S2/c1-7-9-11-13-15-17-19-21-45-23-32-53-55-34-29-50(42-59(55)65(3,4)57(53)39-45)68(49-27-25-47(26-28-49)61-37-38-63(72-61)62-36-31-52(71-62)41-48(44-67)64(69)70)51-30-35-56-54-33-24-46(22-20-18-16-14-12-10-8-2)40-58(54)66(5,6)60(56)43-51/h23-43H,7-22H2,1-6H3,(H,69,70)/b48-41-. The van der Waals surface area contributed by atoms with Gasteiger partial charge in [-0.15, -0.1) is 22.7 Å². The van der Waals surface area contributed by atoms with E-state index in [1.807, 2.05) is 12.1 Å². The van der Waals surface area contributed by atoms with E-state index in [-0.39, 0.29) is 16.4 Å². The molecule has 0 spiro atoms. The van der Waals surface area contributed by atoms with Gasteiger partial charge in [0.25, 0.3) is 0 Å². The van der Waals surface area contributed by atoms with Crippen LogP contribution in [0.1, 0.15) is 170 Å². The van der Waals surface area contributed by atoms with Crippen molar-refractivity contribution in [3.63, 3.8) is 0 Å². The highest BCUT2D eigenvalue weighted by Crippen LogP contribution is 2.54. The maximum Gasteiger partial charge on any atom is 0.346 e. The summed E-state index contributed by atoms with van der Waals surface area (Å²) in [5, 5.41) is 18.7. The van der Waals surface area contributed by atoms with Crippen LogP contribution in [0.15, 0.2) is 127 Å². The molecule has 0 saturated heterocycles. The Morgan fingerprint density at radius 2 is 0.931 bits per heavy atom. The Morgan fingerprint density at radius 3 is 1.42 bits per heavy atom. The first-order chi connectivity index (χ1) is 34.9. The number of thiophene rings is 2. The number of benzene rings is 5. The Balaban J connectivity index is 1.02. The Labute approximate surface area is 438 Å². The zero-order valence-corrected chi connectivity index (χ0v) is 45.1. The average molecular weight is 989 g/mol. The Bertz CT molecular complexity index is 2990. The van der Waals surface area contributed by atoms with Crippen molar-refractivity contribution in [1.29, 1.82) is 5.26 Å². The molecule has 4 nitrogen and oxygen atoms in total. The number of fused-ring (bicyclic) bond motifs is 6. The van der Waals surface area contributed by atoms with Gasteiger partial charge in [-0.2, -0.15) is 5.26 Å². The average Bonchev–Trinajstić information content (AvgIpc) is 4.16. The van der Waals surface area contributed by atoms with Crippen LogP contribution in [0, 0.1) is 11.3 Å². The van der Waals surface area contributed by atoms with Gasteiger partial charge in [0, 0.05) is 47.4 Å². The number of carbonyl (C=O) groups is 1. The first-order valence-electron chi connectivity index (χ1n) is 26.9. The summed E-state index contributed by atoms with van der Waals surface area (Å²) in [5.41, 5.74) is 17.9. The number of rotatable bonds is 23. The molecular weight excluding hydrogens is 917 g/mol. The van der Waals surface area contributed by atoms with Crippen molar-refractivity contribution < 1.29 is 9.90 Å². The van der Waals surface area contributed by atoms with Crippen LogP contribution in [0.5, 0.6) is 0 Å². The van der Waals surface area contributed by atoms with Crippen molar-refractivity contribution in [2.45, 2.75) is 155 Å². The Morgan fingerprint density at radius 1 is 0.514 bits per heavy atom. The quantitative estimate of drug-likeness (QED) is 0.0394. The number of hydrogen-bond donors (Lipinski definition) is 1. The molecule has 0 fully saturated rings. The van der Waals surface area contributed by atoms with Crippen LogP contribution in [-0.4, -0.2) is 11.1 Å². The number of anilines is 3. The molecular formula is C66H72N2O2S2. The predicted molar refractivity (Wildman–Crippen MR) is 307 cm³/mol. The third-order valence-electron chi connectivity index (χ3n) is 15.6. The van der Waals surface area contributed by atoms with E-state index in [1.54, 1.807) is 17.4 Å². The summed E-state index contributed by atoms with van der Waals surface area (Å²) in [6, 6.07) is 47.9. The lowest BCUT2D eigenvalue weighted by Crippen LogP contribution is -2.18. The van der Waals surface area contributed by atoms with Gasteiger partial charge in [-0.25, -0.2) is 4.79 Å². The summed E-state index contributed by atoms with van der Waals surface area (Å²) in [5.74, 6) is -1.21. The summed E-state index contributed by atoms with van der Waals surface area (Å²) in [7, 11) is 0. The number of hydrogen-bond acceptors (Lipinski definition) is 5. The molecule has 7 aromatic rings. The molecule has 0 bridgehead atoms. The number of nitriles is 1. The minimum atomic E-state index is -1.21. The molecule has 2 aliphatic rings. The molecule has 0 radical (unpaired) electrons. The summed E-state index contributed by atoms with van der Waals surface area (Å²) in [6.07, 6.45) is 22.3. The van der Waals surface area contributed by atoms with Crippen LogP contribution < -0.4 is 4.90 Å². The molecule has 2 heterocycles. The number of carboxylic acid groups (broad SMARTS) is 1. The summed E-state index contributed by atoms with van der Waals surface area (Å²) in [6.45, 7) is 14.2. The van der Waals surface area contributed by atoms with Gasteiger partial charge in [-0.3, -0.25) is 0 Å². The van der Waals surface area contributed by atoms with E-state index >= 15 is 0 Å². The van der Waals surface area contributed by atoms with E-state index in [9.17, 15) is 15.2 Å². The third-order valence-corrected chi connectivity index (χ3v) is 18.0. The van der Waals surface area contributed by atoms with Crippen LogP contribution in [0.2, 0.25) is 0 Å². The number of aryl methyl sites for hydroxylation is 2. The Kier molecular flexibility index (Phi) is 15.8. The highest BCUT2D eigenvalue weighted by molar-refractivity contribution is 7.24. The van der Waals surface area contributed by atoms with Crippen molar-refractivity contribution >= 4 is 51.8 Å². The monoisotopic (exact) mass is 989 g/mol. The molecule has 2 aliphatic carbocycles. The van der Waals surface area contributed by atoms with Gasteiger partial charge in [0.2, 0.25) is 0 Å². The Hall–Kier alpha value is -6.00. The molecule has 0 unspecified atom stereocenters. The normalized spacial score (nSPS) is 13.9. The summed E-state index contributed by atoms with van der Waals surface area (Å²) >= 11 is 3.21. The maximum absolute atomic E-state index is 11.5. The van der Waals surface area contributed by atoms with Crippen LogP contribution in [-0.2, 0) is 28.5 Å². The van der Waals surface area contributed by atoms with E-state index in [4.69, 9.17) is 0 Å². The fourth-order valence-electron chi connectivity index (χ4n) is 11.4. The van der Waals surface area contributed by atoms with Crippen LogP contribution in [0.25, 0.3) is 48.5 Å². The number of unbranched alkanes of at least 4 members (excludes halogenated alkanes) is 12. The SMILES string of the molecule is CCCCCCCCCc1ccc2c(c1)C(C)(C)c1cc(N(c3ccc(-c4ccc(-c5ccc(/C=C(/C#N)C(=O)O)s5)s4)cc3)c3ccc4c(c3)C(C)(C)c3cc(CCCCCCCCC)ccc3-4)ccc1-2. The zero-order chi connectivity index (χ0) is 50.4. The molecule has 0 aliphatic heterocycles. The lowest BCUT2D eigenvalue weighted by atomic mass is 9.81. The second kappa shape index (κ2) is 22.4. The zero-order valence-electron chi connectivity index (χ0n) is 43.5. The fraction of sp³-hybridized carbons (Fsp3) is 0.364. The van der Waals surface area contributed by atoms with Crippen molar-refractivity contribution in [2.24, 2.45) is 0 Å². The summed E-state index contributed by atoms with van der Waals surface area (Å²) in [4.78, 5) is 18.0. The maximum atomic E-state index is 11.5. The molecule has 0 amide bonds. The predicted octanol–water partition coefficient (Wildman–Crippen LogP) is 19.8. The molecule has 5 aromatic carbocycles. The van der Waals surface area contributed by atoms with E-state index < -0.39 is 5.97 Å². The second-order valence-corrected chi connectivity index (χ2v) is 23.6. The van der Waals surface area contributed by atoms with Crippen LogP contribution in [0.3, 0.4) is 0 Å². The number of nitrogens with zero attached hydrogens (tertiary/aromatic N) is 2. The van der Waals surface area contributed by atoms with Crippen molar-refractivity contribution in [3.8, 4) is 48.5 Å². The van der Waals surface area contributed by atoms with Crippen LogP contribution >= 0.6 is 22.7 Å². The largest absolute Gasteiger partial charge is 0.477 e. The van der Waals surface area contributed by atoms with E-state index in [0.717, 1.165) is 55.0 Å². The van der Waals surface area contributed by atoms with Gasteiger partial charge in [0.05, 0.1) is 0 Å². The molecule has 9 rings (SSSR count). The highest BCUT2D eigenvalue weighted by atomic mass is 32.1. The van der Waals surface area contributed by atoms with E-state index in [0.29, 0.717) is 0 Å². The van der Waals surface area contributed by atoms with Crippen LogP contribution in [0.4, 0.5) is 17.1 Å². The van der Waals surface area contributed by atoms with Gasteiger partial charge < -0.3 is 10.0 Å². The molecule has 2 aromatic heterocycles. The molecule has 6 heteroatoms. The molecule has 0 saturated carbocycles. The lowest BCUT2D eigenvalue weighted by molar-refractivity contribution is -0.132. The van der Waals surface area contributed by atoms with Gasteiger partial charge >= 0.3 is 5.97 Å². The number of carboxylic acids is 1. The van der Waals surface area contributed by atoms with Gasteiger partial charge in [0.1, 0.15) is 11.6 Å². The second-order valence-electron chi connectivity index (χ2n) is 21.4. The van der Waals surface area contributed by atoms with Crippen molar-refractivity contribution in [3.05, 3.63) is 165 Å². The van der Waals surface area contributed by atoms with Gasteiger partial charge in [-0.05, 0) is 154 Å². The van der Waals surface area contributed by atoms with E-state index in [2.05, 4.69) is 156 Å². The molecule has 370 valence electrons. The topological polar surface area (TPSA) is 64.3 Å². The third kappa shape index (κ3) is 10.7. The van der Waals surface area contributed by atoms with E-state index in [1.165, 1.54) is 163 Å².